The summed E-state index contributed by atoms with van der Waals surface area (Å²) < 4.78 is 22.3. The van der Waals surface area contributed by atoms with Gasteiger partial charge in [0.2, 0.25) is 5.91 Å². The van der Waals surface area contributed by atoms with Gasteiger partial charge < -0.3 is 14.4 Å². The Labute approximate surface area is 104 Å². The fraction of sp³-hybridized carbons (Fsp3) is 0.909. The van der Waals surface area contributed by atoms with Crippen LogP contribution in [-0.4, -0.2) is 31.8 Å². The molecule has 0 saturated heterocycles. The van der Waals surface area contributed by atoms with E-state index in [0.29, 0.717) is 19.8 Å². The van der Waals surface area contributed by atoms with Crippen molar-refractivity contribution in [2.24, 2.45) is 5.41 Å². The lowest BCUT2D eigenvalue weighted by molar-refractivity contribution is -0.128. The van der Waals surface area contributed by atoms with Gasteiger partial charge in [-0.05, 0) is 13.8 Å². The fourth-order valence-electron chi connectivity index (χ4n) is 1.13. The van der Waals surface area contributed by atoms with E-state index in [1.165, 1.54) is 0 Å². The number of hydrogen-bond acceptors (Lipinski definition) is 4. The maximum Gasteiger partial charge on any atom is 0.332 e. The lowest BCUT2D eigenvalue weighted by atomic mass is 9.96. The van der Waals surface area contributed by atoms with Crippen LogP contribution in [0.3, 0.4) is 0 Å². The molecule has 5 nitrogen and oxygen atoms in total. The van der Waals surface area contributed by atoms with E-state index in [1.807, 2.05) is 20.8 Å². The summed E-state index contributed by atoms with van der Waals surface area (Å²) in [7, 11) is -3.04. The van der Waals surface area contributed by atoms with E-state index < -0.39 is 13.0 Å². The van der Waals surface area contributed by atoms with Crippen molar-refractivity contribution in [2.45, 2.75) is 34.6 Å². The lowest BCUT2D eigenvalue weighted by Crippen LogP contribution is -2.36. The van der Waals surface area contributed by atoms with Gasteiger partial charge in [-0.15, -0.1) is 0 Å². The van der Waals surface area contributed by atoms with E-state index in [4.69, 9.17) is 9.05 Å². The lowest BCUT2D eigenvalue weighted by Gasteiger charge is -2.20. The van der Waals surface area contributed by atoms with E-state index in [9.17, 15) is 9.36 Å². The number of carbonyl (C=O) groups is 1. The molecule has 0 aliphatic carbocycles. The minimum Gasteiger partial charge on any atom is -0.355 e. The molecule has 0 aliphatic rings. The van der Waals surface area contributed by atoms with Gasteiger partial charge in [-0.2, -0.15) is 0 Å². The Kier molecular flexibility index (Phi) is 6.98. The van der Waals surface area contributed by atoms with Gasteiger partial charge in [0, 0.05) is 12.0 Å². The van der Waals surface area contributed by atoms with E-state index in [0.717, 1.165) is 0 Å². The van der Waals surface area contributed by atoms with Crippen LogP contribution in [0.5, 0.6) is 0 Å². The van der Waals surface area contributed by atoms with Gasteiger partial charge in [-0.3, -0.25) is 9.36 Å². The second kappa shape index (κ2) is 7.14. The molecule has 0 aromatic heterocycles. The first kappa shape index (κ1) is 16.6. The predicted molar refractivity (Wildman–Crippen MR) is 68.2 cm³/mol. The number of nitrogens with one attached hydrogen (secondary N) is 1. The highest BCUT2D eigenvalue weighted by molar-refractivity contribution is 7.53. The standard InChI is InChI=1S/C11H24NO4P/c1-6-15-17(14,16-7-2)9-8-12-10(13)11(3,4)5/h6-9H2,1-5H3,(H,12,13). The summed E-state index contributed by atoms with van der Waals surface area (Å²) in [5, 5.41) is 2.72. The van der Waals surface area contributed by atoms with Crippen molar-refractivity contribution in [2.75, 3.05) is 25.9 Å². The van der Waals surface area contributed by atoms with Crippen LogP contribution >= 0.6 is 7.60 Å². The summed E-state index contributed by atoms with van der Waals surface area (Å²) >= 11 is 0. The minimum absolute atomic E-state index is 0.0722. The summed E-state index contributed by atoms with van der Waals surface area (Å²) in [4.78, 5) is 11.6. The minimum atomic E-state index is -3.04. The Bertz CT molecular complexity index is 276. The Morgan fingerprint density at radius 3 is 2.00 bits per heavy atom. The van der Waals surface area contributed by atoms with E-state index in [-0.39, 0.29) is 12.1 Å². The fourth-order valence-corrected chi connectivity index (χ4v) is 2.64. The largest absolute Gasteiger partial charge is 0.355 e. The van der Waals surface area contributed by atoms with Crippen molar-refractivity contribution in [3.8, 4) is 0 Å². The molecule has 0 radical (unpaired) electrons. The molecule has 0 aromatic carbocycles. The van der Waals surface area contributed by atoms with Crippen molar-refractivity contribution in [1.29, 1.82) is 0 Å². The molecule has 17 heavy (non-hydrogen) atoms. The third-order valence-corrected chi connectivity index (χ3v) is 4.08. The summed E-state index contributed by atoms with van der Waals surface area (Å²) in [6.07, 6.45) is 0.205. The van der Waals surface area contributed by atoms with Crippen LogP contribution in [0.1, 0.15) is 34.6 Å². The Morgan fingerprint density at radius 2 is 1.65 bits per heavy atom. The molecule has 0 bridgehead atoms. The topological polar surface area (TPSA) is 64.6 Å². The number of hydrogen-bond donors (Lipinski definition) is 1. The van der Waals surface area contributed by atoms with Crippen LogP contribution in [0.15, 0.2) is 0 Å². The van der Waals surface area contributed by atoms with Crippen LogP contribution in [0.2, 0.25) is 0 Å². The van der Waals surface area contributed by atoms with Crippen LogP contribution < -0.4 is 5.32 Å². The number of amides is 1. The first-order valence-corrected chi connectivity index (χ1v) is 7.64. The molecule has 1 N–H and O–H groups in total. The molecule has 0 saturated carbocycles. The van der Waals surface area contributed by atoms with Gasteiger partial charge in [0.05, 0.1) is 19.4 Å². The van der Waals surface area contributed by atoms with E-state index in [1.54, 1.807) is 13.8 Å². The van der Waals surface area contributed by atoms with Crippen molar-refractivity contribution in [3.05, 3.63) is 0 Å². The quantitative estimate of drug-likeness (QED) is 0.718. The maximum absolute atomic E-state index is 12.0. The van der Waals surface area contributed by atoms with E-state index in [2.05, 4.69) is 5.32 Å². The molecule has 0 aromatic rings. The Balaban J connectivity index is 4.16. The van der Waals surface area contributed by atoms with Gasteiger partial charge >= 0.3 is 7.60 Å². The van der Waals surface area contributed by atoms with Crippen LogP contribution in [-0.2, 0) is 18.4 Å². The van der Waals surface area contributed by atoms with Gasteiger partial charge in [0.15, 0.2) is 0 Å². The van der Waals surface area contributed by atoms with Crippen molar-refractivity contribution < 1.29 is 18.4 Å². The highest BCUT2D eigenvalue weighted by Crippen LogP contribution is 2.47. The average molecular weight is 265 g/mol. The molecule has 102 valence electrons. The molecular weight excluding hydrogens is 241 g/mol. The SMILES string of the molecule is CCOP(=O)(CCNC(=O)C(C)(C)C)OCC. The first-order chi connectivity index (χ1) is 7.75. The smallest absolute Gasteiger partial charge is 0.332 e. The first-order valence-electron chi connectivity index (χ1n) is 5.91. The molecule has 0 unspecified atom stereocenters. The third kappa shape index (κ3) is 6.81. The number of rotatable bonds is 7. The molecule has 0 fully saturated rings. The number of carbonyl (C=O) groups excluding carboxylic acids is 1. The van der Waals surface area contributed by atoms with Crippen molar-refractivity contribution in [1.82, 2.24) is 5.32 Å². The molecule has 0 rings (SSSR count). The highest BCUT2D eigenvalue weighted by atomic mass is 31.2. The highest BCUT2D eigenvalue weighted by Gasteiger charge is 2.25. The normalized spacial score (nSPS) is 12.5. The molecule has 1 amide bonds. The zero-order chi connectivity index (χ0) is 13.5. The van der Waals surface area contributed by atoms with Crippen molar-refractivity contribution >= 4 is 13.5 Å². The van der Waals surface area contributed by atoms with Gasteiger partial charge in [0.1, 0.15) is 0 Å². The van der Waals surface area contributed by atoms with Gasteiger partial charge in [-0.25, -0.2) is 0 Å². The monoisotopic (exact) mass is 265 g/mol. The summed E-state index contributed by atoms with van der Waals surface area (Å²) in [5.74, 6) is -0.0722. The average Bonchev–Trinajstić information content (AvgIpc) is 2.16. The van der Waals surface area contributed by atoms with Crippen molar-refractivity contribution in [3.63, 3.8) is 0 Å². The zero-order valence-electron chi connectivity index (χ0n) is 11.4. The molecule has 0 spiro atoms. The summed E-state index contributed by atoms with van der Waals surface area (Å²) in [6.45, 7) is 9.98. The van der Waals surface area contributed by atoms with Gasteiger partial charge in [0.25, 0.3) is 0 Å². The molecule has 0 atom stereocenters. The second-order valence-corrected chi connectivity index (χ2v) is 6.86. The second-order valence-electron chi connectivity index (χ2n) is 4.68. The third-order valence-electron chi connectivity index (χ3n) is 2.00. The summed E-state index contributed by atoms with van der Waals surface area (Å²) in [5.41, 5.74) is -0.443. The summed E-state index contributed by atoms with van der Waals surface area (Å²) in [6, 6.07) is 0. The zero-order valence-corrected chi connectivity index (χ0v) is 12.3. The van der Waals surface area contributed by atoms with Crippen LogP contribution in [0.25, 0.3) is 0 Å². The molecule has 6 heteroatoms. The maximum atomic E-state index is 12.0. The Morgan fingerprint density at radius 1 is 1.18 bits per heavy atom. The molecular formula is C11H24NO4P. The molecule has 0 aliphatic heterocycles. The molecule has 0 heterocycles. The predicted octanol–water partition coefficient (Wildman–Crippen LogP) is 2.41. The Hall–Kier alpha value is -0.380. The van der Waals surface area contributed by atoms with E-state index >= 15 is 0 Å². The van der Waals surface area contributed by atoms with Gasteiger partial charge in [-0.1, -0.05) is 20.8 Å². The van der Waals surface area contributed by atoms with Crippen LogP contribution in [0, 0.1) is 5.41 Å². The van der Waals surface area contributed by atoms with Crippen LogP contribution in [0.4, 0.5) is 0 Å².